The van der Waals surface area contributed by atoms with E-state index < -0.39 is 39.8 Å². The number of carbonyl (C=O) groups excluding carboxylic acids is 1. The van der Waals surface area contributed by atoms with E-state index in [0.717, 1.165) is 17.7 Å². The van der Waals surface area contributed by atoms with Crippen molar-refractivity contribution in [3.05, 3.63) is 65.2 Å². The number of nitrogens with one attached hydrogen (secondary N) is 2. The van der Waals surface area contributed by atoms with Crippen LogP contribution in [0.2, 0.25) is 0 Å². The number of hydrogen-bond donors (Lipinski definition) is 3. The summed E-state index contributed by atoms with van der Waals surface area (Å²) in [6.45, 7) is 2.91. The fourth-order valence-electron chi connectivity index (χ4n) is 2.43. The van der Waals surface area contributed by atoms with E-state index in [1.165, 1.54) is 31.2 Å². The molecule has 0 fully saturated rings. The Labute approximate surface area is 166 Å². The first-order chi connectivity index (χ1) is 13.4. The zero-order valence-corrected chi connectivity index (χ0v) is 16.5. The molecule has 0 radical (unpaired) electrons. The van der Waals surface area contributed by atoms with Crippen molar-refractivity contribution < 1.29 is 31.5 Å². The lowest BCUT2D eigenvalue weighted by atomic mass is 10.1. The number of aryl methyl sites for hydroxylation is 1. The molecule has 0 saturated heterocycles. The van der Waals surface area contributed by atoms with Crippen molar-refractivity contribution in [2.24, 2.45) is 0 Å². The average molecular weight is 430 g/mol. The Bertz CT molecular complexity index is 941. The van der Waals surface area contributed by atoms with Crippen LogP contribution in [0.5, 0.6) is 0 Å². The average Bonchev–Trinajstić information content (AvgIpc) is 2.64. The third-order valence-corrected chi connectivity index (χ3v) is 5.58. The number of alkyl halides is 3. The van der Waals surface area contributed by atoms with Crippen molar-refractivity contribution in [1.82, 2.24) is 10.0 Å². The Morgan fingerprint density at radius 1 is 1.07 bits per heavy atom. The molecular formula is C19H21F3N2O4S. The molecule has 0 spiro atoms. The molecule has 2 aromatic carbocycles. The number of aliphatic hydroxyl groups is 1. The van der Waals surface area contributed by atoms with Gasteiger partial charge in [0.15, 0.2) is 0 Å². The molecule has 0 bridgehead atoms. The maximum absolute atomic E-state index is 12.6. The maximum Gasteiger partial charge on any atom is 0.416 e. The zero-order valence-electron chi connectivity index (χ0n) is 15.7. The number of hydrogen-bond acceptors (Lipinski definition) is 4. The molecule has 2 rings (SSSR count). The monoisotopic (exact) mass is 430 g/mol. The van der Waals surface area contributed by atoms with E-state index in [1.807, 2.05) is 0 Å². The summed E-state index contributed by atoms with van der Waals surface area (Å²) in [5.74, 6) is -0.810. The minimum absolute atomic E-state index is 0.0655. The van der Waals surface area contributed by atoms with Crippen LogP contribution in [0.15, 0.2) is 53.4 Å². The van der Waals surface area contributed by atoms with Crippen molar-refractivity contribution in [3.8, 4) is 0 Å². The van der Waals surface area contributed by atoms with Crippen LogP contribution in [0.1, 0.15) is 23.6 Å². The highest BCUT2D eigenvalue weighted by Crippen LogP contribution is 2.29. The van der Waals surface area contributed by atoms with E-state index in [1.54, 1.807) is 19.1 Å². The van der Waals surface area contributed by atoms with Crippen LogP contribution >= 0.6 is 0 Å². The Morgan fingerprint density at radius 2 is 1.62 bits per heavy atom. The van der Waals surface area contributed by atoms with E-state index in [4.69, 9.17) is 0 Å². The first-order valence-corrected chi connectivity index (χ1v) is 10.1. The maximum atomic E-state index is 12.6. The second-order valence-electron chi connectivity index (χ2n) is 6.57. The summed E-state index contributed by atoms with van der Waals surface area (Å²) < 4.78 is 64.8. The Balaban J connectivity index is 2.06. The minimum atomic E-state index is -4.46. The van der Waals surface area contributed by atoms with Gasteiger partial charge in [-0.15, -0.1) is 0 Å². The predicted molar refractivity (Wildman–Crippen MR) is 100 cm³/mol. The van der Waals surface area contributed by atoms with Crippen LogP contribution in [0.3, 0.4) is 0 Å². The topological polar surface area (TPSA) is 95.5 Å². The highest BCUT2D eigenvalue weighted by Gasteiger charge is 2.31. The number of halogens is 3. The molecule has 2 unspecified atom stereocenters. The van der Waals surface area contributed by atoms with Crippen LogP contribution in [0, 0.1) is 6.92 Å². The van der Waals surface area contributed by atoms with E-state index in [-0.39, 0.29) is 11.4 Å². The van der Waals surface area contributed by atoms with Gasteiger partial charge < -0.3 is 10.4 Å². The molecule has 0 saturated carbocycles. The van der Waals surface area contributed by atoms with E-state index in [9.17, 15) is 31.5 Å². The Hall–Kier alpha value is -2.43. The lowest BCUT2D eigenvalue weighted by Gasteiger charge is -2.21. The summed E-state index contributed by atoms with van der Waals surface area (Å²) in [5, 5.41) is 12.3. The van der Waals surface area contributed by atoms with Crippen LogP contribution in [0.4, 0.5) is 13.2 Å². The first-order valence-electron chi connectivity index (χ1n) is 8.61. The van der Waals surface area contributed by atoms with Gasteiger partial charge in [0.2, 0.25) is 15.9 Å². The largest absolute Gasteiger partial charge is 0.416 e. The van der Waals surface area contributed by atoms with Crippen LogP contribution in [0.25, 0.3) is 0 Å². The summed E-state index contributed by atoms with van der Waals surface area (Å²) in [4.78, 5) is 12.3. The highest BCUT2D eigenvalue weighted by atomic mass is 32.2. The molecule has 1 amide bonds. The number of benzene rings is 2. The summed E-state index contributed by atoms with van der Waals surface area (Å²) in [6.07, 6.45) is -5.81. The van der Waals surface area contributed by atoms with Crippen molar-refractivity contribution in [2.75, 3.05) is 0 Å². The van der Waals surface area contributed by atoms with Crippen molar-refractivity contribution >= 4 is 15.9 Å². The molecule has 2 atom stereocenters. The molecule has 0 aromatic heterocycles. The number of rotatable bonds is 7. The Morgan fingerprint density at radius 3 is 2.10 bits per heavy atom. The van der Waals surface area contributed by atoms with E-state index in [2.05, 4.69) is 10.0 Å². The third kappa shape index (κ3) is 6.28. The molecule has 29 heavy (non-hydrogen) atoms. The number of sulfonamides is 1. The fraction of sp³-hybridized carbons (Fsp3) is 0.316. The van der Waals surface area contributed by atoms with Gasteiger partial charge in [0.25, 0.3) is 0 Å². The van der Waals surface area contributed by atoms with Gasteiger partial charge in [-0.1, -0.05) is 29.8 Å². The van der Waals surface area contributed by atoms with Crippen LogP contribution in [-0.4, -0.2) is 31.6 Å². The third-order valence-electron chi connectivity index (χ3n) is 4.13. The molecule has 0 aliphatic heterocycles. The van der Waals surface area contributed by atoms with Crippen molar-refractivity contribution in [1.29, 1.82) is 0 Å². The first kappa shape index (κ1) is 22.9. The zero-order chi connectivity index (χ0) is 21.8. The van der Waals surface area contributed by atoms with Gasteiger partial charge in [0.1, 0.15) is 6.04 Å². The van der Waals surface area contributed by atoms with Crippen LogP contribution < -0.4 is 10.0 Å². The number of carbonyl (C=O) groups is 1. The van der Waals surface area contributed by atoms with Gasteiger partial charge in [0.05, 0.1) is 16.6 Å². The van der Waals surface area contributed by atoms with Crippen molar-refractivity contribution in [3.63, 3.8) is 0 Å². The van der Waals surface area contributed by atoms with Gasteiger partial charge in [-0.3, -0.25) is 4.79 Å². The second-order valence-corrected chi connectivity index (χ2v) is 8.28. The predicted octanol–water partition coefficient (Wildman–Crippen LogP) is 2.36. The number of aliphatic hydroxyl groups excluding tert-OH is 1. The fourth-order valence-corrected chi connectivity index (χ4v) is 3.70. The minimum Gasteiger partial charge on any atom is -0.391 e. The van der Waals surface area contributed by atoms with E-state index in [0.29, 0.717) is 5.56 Å². The van der Waals surface area contributed by atoms with Gasteiger partial charge >= 0.3 is 6.18 Å². The summed E-state index contributed by atoms with van der Waals surface area (Å²) in [7, 11) is -4.07. The molecule has 3 N–H and O–H groups in total. The van der Waals surface area contributed by atoms with Gasteiger partial charge in [0, 0.05) is 6.54 Å². The second kappa shape index (κ2) is 8.93. The summed E-state index contributed by atoms with van der Waals surface area (Å²) in [5.41, 5.74) is 0.419. The van der Waals surface area contributed by atoms with Gasteiger partial charge in [-0.2, -0.15) is 17.9 Å². The SMILES string of the molecule is Cc1ccc(S(=O)(=O)NC(C(=O)NCc2ccc(C(F)(F)F)cc2)C(C)O)cc1. The lowest BCUT2D eigenvalue weighted by molar-refractivity contribution is -0.137. The number of amides is 1. The highest BCUT2D eigenvalue weighted by molar-refractivity contribution is 7.89. The van der Waals surface area contributed by atoms with Gasteiger partial charge in [-0.25, -0.2) is 8.42 Å². The Kier molecular flexibility index (Phi) is 7.04. The summed E-state index contributed by atoms with van der Waals surface area (Å²) in [6, 6.07) is 8.63. The molecule has 0 aliphatic carbocycles. The normalized spacial score (nSPS) is 14.3. The molecule has 0 aliphatic rings. The molecule has 2 aromatic rings. The quantitative estimate of drug-likeness (QED) is 0.629. The summed E-state index contributed by atoms with van der Waals surface area (Å²) >= 11 is 0. The molecule has 6 nitrogen and oxygen atoms in total. The van der Waals surface area contributed by atoms with E-state index >= 15 is 0 Å². The van der Waals surface area contributed by atoms with Gasteiger partial charge in [-0.05, 0) is 43.7 Å². The molecular weight excluding hydrogens is 409 g/mol. The smallest absolute Gasteiger partial charge is 0.391 e. The van der Waals surface area contributed by atoms with Crippen LogP contribution in [-0.2, 0) is 27.5 Å². The molecule has 158 valence electrons. The standard InChI is InChI=1S/C19H21F3N2O4S/c1-12-3-9-16(10-4-12)29(27,28)24-17(13(2)25)18(26)23-11-14-5-7-15(8-6-14)19(20,21)22/h3-10,13,17,24-25H,11H2,1-2H3,(H,23,26). The van der Waals surface area contributed by atoms with Crippen molar-refractivity contribution in [2.45, 2.75) is 43.6 Å². The molecule has 0 heterocycles. The lowest BCUT2D eigenvalue weighted by Crippen LogP contribution is -2.52. The molecule has 10 heteroatoms.